The lowest BCUT2D eigenvalue weighted by molar-refractivity contribution is 1.27. The van der Waals surface area contributed by atoms with Crippen molar-refractivity contribution < 1.29 is 0 Å². The molecule has 0 heterocycles. The predicted molar refractivity (Wildman–Crippen MR) is 215 cm³/mol. The standard InChI is InChI=1S/C48H40N2/c1-37-17-29-45(30-18-37)50(46-31-19-38(2)20-32-46)47-33-23-40(24-34-47)12-10-9-11-39-21-25-41(26-22-39)42-27-35-48(36-28-42)49(43-13-5-3-6-14-43)44-15-7-4-8-16-44/h3-36H,1-2H3. The Kier molecular flexibility index (Phi) is 9.80. The van der Waals surface area contributed by atoms with Crippen LogP contribution in [0.4, 0.5) is 34.1 Å². The molecule has 0 spiro atoms. The lowest BCUT2D eigenvalue weighted by Gasteiger charge is -2.25. The van der Waals surface area contributed by atoms with E-state index in [-0.39, 0.29) is 0 Å². The van der Waals surface area contributed by atoms with E-state index in [0.29, 0.717) is 0 Å². The molecule has 0 atom stereocenters. The first-order valence-corrected chi connectivity index (χ1v) is 17.1. The minimum absolute atomic E-state index is 1.13. The normalized spacial score (nSPS) is 11.2. The van der Waals surface area contributed by atoms with Gasteiger partial charge >= 0.3 is 0 Å². The second-order valence-electron chi connectivity index (χ2n) is 12.5. The van der Waals surface area contributed by atoms with E-state index in [4.69, 9.17) is 0 Å². The second kappa shape index (κ2) is 15.2. The van der Waals surface area contributed by atoms with Gasteiger partial charge in [-0.05, 0) is 109 Å². The summed E-state index contributed by atoms with van der Waals surface area (Å²) in [5.74, 6) is 0. The third kappa shape index (κ3) is 7.67. The Morgan fingerprint density at radius 2 is 0.580 bits per heavy atom. The maximum Gasteiger partial charge on any atom is 0.0462 e. The van der Waals surface area contributed by atoms with E-state index in [0.717, 1.165) is 45.3 Å². The quantitative estimate of drug-likeness (QED) is 0.137. The Morgan fingerprint density at radius 1 is 0.300 bits per heavy atom. The second-order valence-corrected chi connectivity index (χ2v) is 12.5. The van der Waals surface area contributed by atoms with Crippen LogP contribution in [0.3, 0.4) is 0 Å². The topological polar surface area (TPSA) is 6.48 Å². The van der Waals surface area contributed by atoms with Gasteiger partial charge in [-0.25, -0.2) is 0 Å². The molecule has 7 aromatic carbocycles. The molecule has 2 heteroatoms. The molecule has 0 saturated heterocycles. The molecule has 0 unspecified atom stereocenters. The number of nitrogens with zero attached hydrogens (tertiary/aromatic N) is 2. The molecule has 0 aliphatic carbocycles. The van der Waals surface area contributed by atoms with Gasteiger partial charge in [-0.2, -0.15) is 0 Å². The van der Waals surface area contributed by atoms with E-state index in [1.165, 1.54) is 22.3 Å². The lowest BCUT2D eigenvalue weighted by atomic mass is 10.0. The highest BCUT2D eigenvalue weighted by Gasteiger charge is 2.13. The van der Waals surface area contributed by atoms with Gasteiger partial charge < -0.3 is 9.80 Å². The highest BCUT2D eigenvalue weighted by atomic mass is 15.1. The van der Waals surface area contributed by atoms with E-state index < -0.39 is 0 Å². The molecule has 0 fully saturated rings. The van der Waals surface area contributed by atoms with Crippen LogP contribution < -0.4 is 9.80 Å². The third-order valence-electron chi connectivity index (χ3n) is 8.82. The van der Waals surface area contributed by atoms with Crippen molar-refractivity contribution in [2.45, 2.75) is 13.8 Å². The van der Waals surface area contributed by atoms with Gasteiger partial charge in [0.2, 0.25) is 0 Å². The lowest BCUT2D eigenvalue weighted by Crippen LogP contribution is -2.09. The fourth-order valence-electron chi connectivity index (χ4n) is 6.09. The minimum Gasteiger partial charge on any atom is -0.311 e. The molecule has 242 valence electrons. The van der Waals surface area contributed by atoms with Crippen molar-refractivity contribution in [3.63, 3.8) is 0 Å². The van der Waals surface area contributed by atoms with Crippen LogP contribution in [0.15, 0.2) is 194 Å². The Hall–Kier alpha value is -6.38. The van der Waals surface area contributed by atoms with E-state index in [2.05, 4.69) is 230 Å². The molecule has 0 aromatic heterocycles. The van der Waals surface area contributed by atoms with Crippen LogP contribution in [0.5, 0.6) is 0 Å². The Balaban J connectivity index is 1.01. The molecule has 0 saturated carbocycles. The van der Waals surface area contributed by atoms with Crippen molar-refractivity contribution in [3.8, 4) is 11.1 Å². The van der Waals surface area contributed by atoms with Crippen LogP contribution in [0.1, 0.15) is 22.3 Å². The maximum absolute atomic E-state index is 2.30. The average Bonchev–Trinajstić information content (AvgIpc) is 3.17. The molecule has 0 bridgehead atoms. The predicted octanol–water partition coefficient (Wildman–Crippen LogP) is 13.6. The van der Waals surface area contributed by atoms with Gasteiger partial charge in [-0.15, -0.1) is 0 Å². The molecule has 0 amide bonds. The zero-order valence-corrected chi connectivity index (χ0v) is 28.5. The van der Waals surface area contributed by atoms with Crippen molar-refractivity contribution >= 4 is 46.3 Å². The Labute approximate surface area is 296 Å². The van der Waals surface area contributed by atoms with Crippen LogP contribution in [0.2, 0.25) is 0 Å². The highest BCUT2D eigenvalue weighted by Crippen LogP contribution is 2.36. The van der Waals surface area contributed by atoms with Crippen LogP contribution in [0, 0.1) is 13.8 Å². The molecule has 2 nitrogen and oxygen atoms in total. The fourth-order valence-corrected chi connectivity index (χ4v) is 6.09. The summed E-state index contributed by atoms with van der Waals surface area (Å²) in [5, 5.41) is 0. The molecular formula is C48H40N2. The summed E-state index contributed by atoms with van der Waals surface area (Å²) in [6, 6.07) is 64.7. The van der Waals surface area contributed by atoms with E-state index in [1.54, 1.807) is 0 Å². The number of hydrogen-bond acceptors (Lipinski definition) is 2. The third-order valence-corrected chi connectivity index (χ3v) is 8.82. The summed E-state index contributed by atoms with van der Waals surface area (Å²) in [4.78, 5) is 4.58. The van der Waals surface area contributed by atoms with Crippen molar-refractivity contribution in [1.82, 2.24) is 0 Å². The summed E-state index contributed by atoms with van der Waals surface area (Å²) in [5.41, 5.74) is 14.0. The molecular weight excluding hydrogens is 605 g/mol. The number of anilines is 6. The number of aryl methyl sites for hydroxylation is 2. The van der Waals surface area contributed by atoms with Gasteiger partial charge in [0.25, 0.3) is 0 Å². The van der Waals surface area contributed by atoms with Crippen molar-refractivity contribution in [2.24, 2.45) is 0 Å². The first-order chi connectivity index (χ1) is 24.6. The zero-order chi connectivity index (χ0) is 34.1. The van der Waals surface area contributed by atoms with Gasteiger partial charge in [0, 0.05) is 34.1 Å². The van der Waals surface area contributed by atoms with Crippen molar-refractivity contribution in [3.05, 3.63) is 216 Å². The van der Waals surface area contributed by atoms with Crippen molar-refractivity contribution in [2.75, 3.05) is 9.80 Å². The molecule has 7 rings (SSSR count). The number of rotatable bonds is 10. The maximum atomic E-state index is 2.30. The average molecular weight is 645 g/mol. The highest BCUT2D eigenvalue weighted by molar-refractivity contribution is 5.79. The monoisotopic (exact) mass is 644 g/mol. The molecule has 0 N–H and O–H groups in total. The zero-order valence-electron chi connectivity index (χ0n) is 28.5. The van der Waals surface area contributed by atoms with Gasteiger partial charge in [0.15, 0.2) is 0 Å². The summed E-state index contributed by atoms with van der Waals surface area (Å²) < 4.78 is 0. The first kappa shape index (κ1) is 32.2. The largest absolute Gasteiger partial charge is 0.311 e. The molecule has 7 aromatic rings. The molecule has 0 aliphatic heterocycles. The van der Waals surface area contributed by atoms with Crippen LogP contribution in [0.25, 0.3) is 23.3 Å². The first-order valence-electron chi connectivity index (χ1n) is 17.1. The number of benzene rings is 7. The fraction of sp³-hybridized carbons (Fsp3) is 0.0417. The van der Waals surface area contributed by atoms with Crippen LogP contribution in [-0.4, -0.2) is 0 Å². The number of allylic oxidation sites excluding steroid dienone is 2. The van der Waals surface area contributed by atoms with Crippen LogP contribution >= 0.6 is 0 Å². The summed E-state index contributed by atoms with van der Waals surface area (Å²) in [6.07, 6.45) is 8.49. The van der Waals surface area contributed by atoms with Crippen LogP contribution in [-0.2, 0) is 0 Å². The summed E-state index contributed by atoms with van der Waals surface area (Å²) in [6.45, 7) is 4.24. The van der Waals surface area contributed by atoms with E-state index in [9.17, 15) is 0 Å². The van der Waals surface area contributed by atoms with Gasteiger partial charge in [-0.3, -0.25) is 0 Å². The van der Waals surface area contributed by atoms with Gasteiger partial charge in [0.1, 0.15) is 0 Å². The summed E-state index contributed by atoms with van der Waals surface area (Å²) in [7, 11) is 0. The van der Waals surface area contributed by atoms with E-state index >= 15 is 0 Å². The molecule has 50 heavy (non-hydrogen) atoms. The number of para-hydroxylation sites is 2. The van der Waals surface area contributed by atoms with Gasteiger partial charge in [0.05, 0.1) is 0 Å². The van der Waals surface area contributed by atoms with Gasteiger partial charge in [-0.1, -0.05) is 145 Å². The Bertz CT molecular complexity index is 2080. The Morgan fingerprint density at radius 3 is 0.960 bits per heavy atom. The minimum atomic E-state index is 1.13. The summed E-state index contributed by atoms with van der Waals surface area (Å²) >= 11 is 0. The number of hydrogen-bond donors (Lipinski definition) is 0. The molecule has 0 radical (unpaired) electrons. The van der Waals surface area contributed by atoms with Crippen molar-refractivity contribution in [1.29, 1.82) is 0 Å². The molecule has 0 aliphatic rings. The SMILES string of the molecule is Cc1ccc(N(c2ccc(C)cc2)c2ccc(C=CC=Cc3ccc(-c4ccc(N(c5ccccc5)c5ccccc5)cc4)cc3)cc2)cc1. The van der Waals surface area contributed by atoms with E-state index in [1.807, 2.05) is 0 Å². The smallest absolute Gasteiger partial charge is 0.0462 e.